The molecular weight excluding hydrogens is 362 g/mol. The molecule has 30 heavy (non-hydrogen) atoms. The smallest absolute Gasteiger partial charge is 0.0127 e. The zero-order valence-electron chi connectivity index (χ0n) is 21.3. The van der Waals surface area contributed by atoms with Crippen LogP contribution in [-0.4, -0.2) is 25.0 Å². The summed E-state index contributed by atoms with van der Waals surface area (Å²) in [6.07, 6.45) is 18.7. The molecule has 172 valence electrons. The van der Waals surface area contributed by atoms with Crippen molar-refractivity contribution in [2.45, 2.75) is 111 Å². The van der Waals surface area contributed by atoms with E-state index in [1.54, 1.807) is 0 Å². The Hall–Kier alpha value is -0.300. The monoisotopic (exact) mass is 413 g/mol. The average molecular weight is 414 g/mol. The van der Waals surface area contributed by atoms with Crippen molar-refractivity contribution in [2.75, 3.05) is 14.1 Å². The van der Waals surface area contributed by atoms with Crippen LogP contribution in [0.2, 0.25) is 0 Å². The highest BCUT2D eigenvalue weighted by atomic mass is 15.1. The zero-order chi connectivity index (χ0) is 21.7. The van der Waals surface area contributed by atoms with Crippen LogP contribution in [0.25, 0.3) is 0 Å². The van der Waals surface area contributed by atoms with Gasteiger partial charge in [-0.05, 0) is 112 Å². The molecule has 0 bridgehead atoms. The lowest BCUT2D eigenvalue weighted by molar-refractivity contribution is -0.0535. The molecule has 0 unspecified atom stereocenters. The highest BCUT2D eigenvalue weighted by Crippen LogP contribution is 2.67. The molecule has 0 spiro atoms. The molecule has 4 aliphatic rings. The van der Waals surface area contributed by atoms with Crippen molar-refractivity contribution in [3.8, 4) is 0 Å². The minimum Gasteiger partial charge on any atom is -0.306 e. The molecule has 0 aromatic carbocycles. The molecule has 0 saturated heterocycles. The van der Waals surface area contributed by atoms with Crippen LogP contribution in [0.15, 0.2) is 11.6 Å². The lowest BCUT2D eigenvalue weighted by atomic mass is 9.47. The van der Waals surface area contributed by atoms with Crippen molar-refractivity contribution in [3.05, 3.63) is 11.6 Å². The molecule has 4 rings (SSSR count). The number of rotatable bonds is 6. The molecule has 0 radical (unpaired) electrons. The van der Waals surface area contributed by atoms with Gasteiger partial charge in [0.15, 0.2) is 0 Å². The summed E-state index contributed by atoms with van der Waals surface area (Å²) in [6.45, 7) is 12.8. The largest absolute Gasteiger partial charge is 0.306 e. The van der Waals surface area contributed by atoms with Crippen molar-refractivity contribution in [3.63, 3.8) is 0 Å². The van der Waals surface area contributed by atoms with Gasteiger partial charge in [-0.15, -0.1) is 0 Å². The minimum atomic E-state index is 0.512. The second-order valence-corrected chi connectivity index (χ2v) is 13.1. The molecule has 1 heteroatoms. The number of fused-ring (bicyclic) bond motifs is 5. The molecule has 0 heterocycles. The van der Waals surface area contributed by atoms with Crippen molar-refractivity contribution < 1.29 is 0 Å². The predicted molar refractivity (Wildman–Crippen MR) is 131 cm³/mol. The van der Waals surface area contributed by atoms with Gasteiger partial charge in [-0.25, -0.2) is 0 Å². The van der Waals surface area contributed by atoms with E-state index in [-0.39, 0.29) is 0 Å². The molecule has 4 aliphatic carbocycles. The van der Waals surface area contributed by atoms with Gasteiger partial charge in [0, 0.05) is 6.04 Å². The van der Waals surface area contributed by atoms with Crippen molar-refractivity contribution in [1.29, 1.82) is 0 Å². The first-order chi connectivity index (χ1) is 14.2. The third-order valence-electron chi connectivity index (χ3n) is 11.0. The van der Waals surface area contributed by atoms with E-state index in [2.05, 4.69) is 59.7 Å². The number of allylic oxidation sites excluding steroid dienone is 1. The Labute approximate surface area is 188 Å². The Morgan fingerprint density at radius 3 is 2.43 bits per heavy atom. The first-order valence-corrected chi connectivity index (χ1v) is 13.5. The summed E-state index contributed by atoms with van der Waals surface area (Å²) in [7, 11) is 4.57. The van der Waals surface area contributed by atoms with Gasteiger partial charge in [0.1, 0.15) is 0 Å². The molecule has 0 aliphatic heterocycles. The van der Waals surface area contributed by atoms with Crippen molar-refractivity contribution >= 4 is 0 Å². The van der Waals surface area contributed by atoms with Gasteiger partial charge in [-0.1, -0.05) is 65.5 Å². The van der Waals surface area contributed by atoms with Gasteiger partial charge in [0.25, 0.3) is 0 Å². The Bertz CT molecular complexity index is 632. The summed E-state index contributed by atoms with van der Waals surface area (Å²) in [6, 6.07) is 0.775. The van der Waals surface area contributed by atoms with Crippen LogP contribution in [0.5, 0.6) is 0 Å². The van der Waals surface area contributed by atoms with E-state index in [1.165, 1.54) is 70.6 Å². The molecule has 0 aromatic heterocycles. The number of hydrogen-bond donors (Lipinski definition) is 0. The first-order valence-electron chi connectivity index (χ1n) is 13.5. The highest BCUT2D eigenvalue weighted by Gasteiger charge is 2.59. The molecular formula is C29H51N. The molecule has 3 saturated carbocycles. The maximum atomic E-state index is 2.75. The fourth-order valence-electron chi connectivity index (χ4n) is 9.11. The van der Waals surface area contributed by atoms with Crippen LogP contribution in [0.3, 0.4) is 0 Å². The maximum Gasteiger partial charge on any atom is 0.0127 e. The normalized spacial score (nSPS) is 44.4. The maximum absolute atomic E-state index is 2.75. The Morgan fingerprint density at radius 1 is 0.967 bits per heavy atom. The van der Waals surface area contributed by atoms with Crippen LogP contribution >= 0.6 is 0 Å². The molecule has 1 nitrogen and oxygen atoms in total. The van der Waals surface area contributed by atoms with Crippen LogP contribution in [0.4, 0.5) is 0 Å². The third kappa shape index (κ3) is 3.84. The Balaban J connectivity index is 1.48. The number of hydrogen-bond acceptors (Lipinski definition) is 1. The predicted octanol–water partition coefficient (Wildman–Crippen LogP) is 7.96. The number of nitrogens with zero attached hydrogens (tertiary/aromatic N) is 1. The molecule has 0 N–H and O–H groups in total. The Kier molecular flexibility index (Phi) is 6.53. The second-order valence-electron chi connectivity index (χ2n) is 13.1. The molecule has 0 amide bonds. The summed E-state index contributed by atoms with van der Waals surface area (Å²) >= 11 is 0. The lowest BCUT2D eigenvalue weighted by Gasteiger charge is -2.59. The quantitative estimate of drug-likeness (QED) is 0.399. The van der Waals surface area contributed by atoms with E-state index < -0.39 is 0 Å². The van der Waals surface area contributed by atoms with E-state index >= 15 is 0 Å². The van der Waals surface area contributed by atoms with Crippen LogP contribution < -0.4 is 0 Å². The molecule has 3 fully saturated rings. The topological polar surface area (TPSA) is 3.24 Å². The van der Waals surface area contributed by atoms with Crippen LogP contribution in [0, 0.1) is 46.3 Å². The minimum absolute atomic E-state index is 0.512. The highest BCUT2D eigenvalue weighted by molar-refractivity contribution is 5.26. The summed E-state index contributed by atoms with van der Waals surface area (Å²) in [4.78, 5) is 2.48. The van der Waals surface area contributed by atoms with Gasteiger partial charge in [-0.3, -0.25) is 0 Å². The first kappa shape index (κ1) is 22.9. The van der Waals surface area contributed by atoms with Gasteiger partial charge in [0.2, 0.25) is 0 Å². The summed E-state index contributed by atoms with van der Waals surface area (Å²) in [5.74, 6) is 5.71. The molecule has 8 atom stereocenters. The third-order valence-corrected chi connectivity index (χ3v) is 11.0. The second kappa shape index (κ2) is 8.57. The van der Waals surface area contributed by atoms with E-state index in [0.717, 1.165) is 41.5 Å². The van der Waals surface area contributed by atoms with Gasteiger partial charge in [-0.2, -0.15) is 0 Å². The van der Waals surface area contributed by atoms with E-state index in [1.807, 2.05) is 5.57 Å². The van der Waals surface area contributed by atoms with Gasteiger partial charge < -0.3 is 4.90 Å². The SMILES string of the molecule is CC(C)CCC[C@@H](C)[C@@H]1CC[C@@H]2[C@@H]3CC=C4C[C@H](N(C)C)CC[C@]4(C)[C@@H]3CC[C@]21C. The molecule has 0 aromatic rings. The van der Waals surface area contributed by atoms with Crippen LogP contribution in [-0.2, 0) is 0 Å². The van der Waals surface area contributed by atoms with E-state index in [4.69, 9.17) is 0 Å². The zero-order valence-corrected chi connectivity index (χ0v) is 21.3. The van der Waals surface area contributed by atoms with Crippen LogP contribution in [0.1, 0.15) is 105 Å². The van der Waals surface area contributed by atoms with Gasteiger partial charge in [0.05, 0.1) is 0 Å². The Morgan fingerprint density at radius 2 is 1.73 bits per heavy atom. The van der Waals surface area contributed by atoms with E-state index in [0.29, 0.717) is 10.8 Å². The average Bonchev–Trinajstić information content (AvgIpc) is 3.04. The fourth-order valence-corrected chi connectivity index (χ4v) is 9.11. The summed E-state index contributed by atoms with van der Waals surface area (Å²) < 4.78 is 0. The fraction of sp³-hybridized carbons (Fsp3) is 0.931. The van der Waals surface area contributed by atoms with Gasteiger partial charge >= 0.3 is 0 Å². The van der Waals surface area contributed by atoms with Crippen molar-refractivity contribution in [2.24, 2.45) is 46.3 Å². The lowest BCUT2D eigenvalue weighted by Crippen LogP contribution is -2.51. The van der Waals surface area contributed by atoms with Crippen molar-refractivity contribution in [1.82, 2.24) is 4.90 Å². The summed E-state index contributed by atoms with van der Waals surface area (Å²) in [5, 5.41) is 0. The standard InChI is InChI=1S/C29H51N/c1-20(2)9-8-10-21(3)25-13-14-26-24-12-11-22-19-23(30(6)7)15-17-28(22,4)27(24)16-18-29(25,26)5/h11,20-21,23-27H,8-10,12-19H2,1-7H3/t21-,23-,24+,25+,26-,27-,28+,29+/m1/s1. The summed E-state index contributed by atoms with van der Waals surface area (Å²) in [5.41, 5.74) is 2.98. The van der Waals surface area contributed by atoms with E-state index in [9.17, 15) is 0 Å².